The van der Waals surface area contributed by atoms with E-state index in [1.165, 1.54) is 16.8 Å². The molecule has 0 atom stereocenters. The van der Waals surface area contributed by atoms with Crippen molar-refractivity contribution in [1.29, 1.82) is 0 Å². The first-order chi connectivity index (χ1) is 14.7. The third-order valence-electron chi connectivity index (χ3n) is 5.10. The van der Waals surface area contributed by atoms with E-state index in [4.69, 9.17) is 0 Å². The predicted molar refractivity (Wildman–Crippen MR) is 113 cm³/mol. The van der Waals surface area contributed by atoms with Gasteiger partial charge in [0.15, 0.2) is 0 Å². The highest BCUT2D eigenvalue weighted by Gasteiger charge is 2.18. The second kappa shape index (κ2) is 7.44. The maximum absolute atomic E-state index is 13.3. The summed E-state index contributed by atoms with van der Waals surface area (Å²) in [4.78, 5) is 25.2. The largest absolute Gasteiger partial charge is 0.322 e. The van der Waals surface area contributed by atoms with E-state index in [0.717, 1.165) is 22.2 Å². The Labute approximate surface area is 171 Å². The summed E-state index contributed by atoms with van der Waals surface area (Å²) in [7, 11) is 0. The number of aryl methyl sites for hydroxylation is 1. The summed E-state index contributed by atoms with van der Waals surface area (Å²) in [6.07, 6.45) is 4.52. The zero-order valence-corrected chi connectivity index (χ0v) is 16.0. The first kappa shape index (κ1) is 18.1. The maximum atomic E-state index is 13.3. The molecular formula is C23H18FN5O. The molecule has 148 valence electrons. The van der Waals surface area contributed by atoms with E-state index in [2.05, 4.69) is 20.1 Å². The molecule has 0 fully saturated rings. The minimum Gasteiger partial charge on any atom is -0.322 e. The van der Waals surface area contributed by atoms with Crippen LogP contribution in [-0.2, 0) is 12.8 Å². The first-order valence-corrected chi connectivity index (χ1v) is 9.63. The van der Waals surface area contributed by atoms with E-state index in [0.29, 0.717) is 30.0 Å². The number of hydrogen-bond acceptors (Lipinski definition) is 3. The molecule has 0 unspecified atom stereocenters. The topological polar surface area (TPSA) is 79.4 Å². The molecule has 7 heteroatoms. The van der Waals surface area contributed by atoms with Gasteiger partial charge in [0, 0.05) is 23.5 Å². The molecule has 5 rings (SSSR count). The summed E-state index contributed by atoms with van der Waals surface area (Å²) in [6, 6.07) is 17.7. The van der Waals surface area contributed by atoms with Crippen molar-refractivity contribution in [2.24, 2.45) is 0 Å². The molecule has 30 heavy (non-hydrogen) atoms. The molecule has 0 spiro atoms. The lowest BCUT2D eigenvalue weighted by atomic mass is 10.0. The van der Waals surface area contributed by atoms with Crippen molar-refractivity contribution < 1.29 is 4.39 Å². The lowest BCUT2D eigenvalue weighted by molar-refractivity contribution is 0.627. The number of hydrogen-bond donors (Lipinski definition) is 2. The number of imidazole rings is 1. The number of benzene rings is 2. The van der Waals surface area contributed by atoms with Crippen LogP contribution in [0, 0.1) is 5.82 Å². The van der Waals surface area contributed by atoms with Gasteiger partial charge in [0.1, 0.15) is 5.82 Å². The fourth-order valence-electron chi connectivity index (χ4n) is 3.57. The number of aromatic amines is 2. The van der Waals surface area contributed by atoms with Crippen LogP contribution in [0.1, 0.15) is 11.1 Å². The van der Waals surface area contributed by atoms with E-state index in [1.54, 1.807) is 24.5 Å². The molecule has 0 saturated carbocycles. The Hall–Kier alpha value is -4.00. The number of aromatic nitrogens is 5. The van der Waals surface area contributed by atoms with Crippen LogP contribution in [0.5, 0.6) is 0 Å². The highest BCUT2D eigenvalue weighted by Crippen LogP contribution is 2.22. The average Bonchev–Trinajstić information content (AvgIpc) is 3.35. The number of nitrogens with zero attached hydrogens (tertiary/aromatic N) is 3. The lowest BCUT2D eigenvalue weighted by Gasteiger charge is -2.03. The minimum absolute atomic E-state index is 0.171. The Bertz CT molecular complexity index is 1330. The third-order valence-corrected chi connectivity index (χ3v) is 5.10. The Kier molecular flexibility index (Phi) is 4.48. The quantitative estimate of drug-likeness (QED) is 0.468. The van der Waals surface area contributed by atoms with E-state index in [-0.39, 0.29) is 11.4 Å². The second-order valence-corrected chi connectivity index (χ2v) is 7.05. The lowest BCUT2D eigenvalue weighted by Crippen LogP contribution is -2.18. The summed E-state index contributed by atoms with van der Waals surface area (Å²) in [5.74, 6) is 0.156. The van der Waals surface area contributed by atoms with Gasteiger partial charge in [-0.2, -0.15) is 4.68 Å². The highest BCUT2D eigenvalue weighted by atomic mass is 19.1. The summed E-state index contributed by atoms with van der Waals surface area (Å²) >= 11 is 0. The molecule has 6 nitrogen and oxygen atoms in total. The van der Waals surface area contributed by atoms with Crippen LogP contribution in [0.3, 0.4) is 0 Å². The van der Waals surface area contributed by atoms with Crippen LogP contribution in [-0.4, -0.2) is 24.7 Å². The molecule has 0 amide bonds. The fourth-order valence-corrected chi connectivity index (χ4v) is 3.57. The minimum atomic E-state index is -0.274. The molecule has 3 aromatic heterocycles. The van der Waals surface area contributed by atoms with Crippen molar-refractivity contribution in [3.05, 3.63) is 100 Å². The number of H-pyrrole nitrogens is 2. The molecule has 0 aliphatic rings. The fraction of sp³-hybridized carbons (Fsp3) is 0.0870. The number of halogens is 1. The van der Waals surface area contributed by atoms with E-state index < -0.39 is 0 Å². The molecule has 0 bridgehead atoms. The summed E-state index contributed by atoms with van der Waals surface area (Å²) in [5.41, 5.74) is 4.58. The number of rotatable bonds is 5. The van der Waals surface area contributed by atoms with Crippen molar-refractivity contribution in [1.82, 2.24) is 24.7 Å². The molecule has 5 aromatic rings. The van der Waals surface area contributed by atoms with Gasteiger partial charge in [0.05, 0.1) is 16.7 Å². The van der Waals surface area contributed by atoms with Gasteiger partial charge < -0.3 is 4.98 Å². The Morgan fingerprint density at radius 2 is 1.80 bits per heavy atom. The van der Waals surface area contributed by atoms with Gasteiger partial charge in [-0.3, -0.25) is 14.9 Å². The monoisotopic (exact) mass is 399 g/mol. The summed E-state index contributed by atoms with van der Waals surface area (Å²) in [5, 5.41) is 3.20. The molecule has 0 aliphatic carbocycles. The van der Waals surface area contributed by atoms with Crippen LogP contribution in [0.25, 0.3) is 28.2 Å². The van der Waals surface area contributed by atoms with Crippen molar-refractivity contribution in [3.63, 3.8) is 0 Å². The SMILES string of the molecule is O=c1c(CCc2ccc(F)cc2)c(-c2cccnc2)[nH]n1-c1nc2ccccc2[nH]1. The Morgan fingerprint density at radius 1 is 0.967 bits per heavy atom. The van der Waals surface area contributed by atoms with Crippen molar-refractivity contribution >= 4 is 11.0 Å². The number of nitrogens with one attached hydrogen (secondary N) is 2. The molecule has 2 aromatic carbocycles. The summed E-state index contributed by atoms with van der Waals surface area (Å²) < 4.78 is 14.6. The standard InChI is InChI=1S/C23H18FN5O/c24-17-10-7-15(8-11-17)9-12-18-21(16-4-3-13-25-14-16)28-29(22(18)30)23-26-19-5-1-2-6-20(19)27-23/h1-8,10-11,13-14,28H,9,12H2,(H,26,27). The van der Waals surface area contributed by atoms with Crippen molar-refractivity contribution in [3.8, 4) is 17.2 Å². The van der Waals surface area contributed by atoms with Crippen LogP contribution in [0.4, 0.5) is 4.39 Å². The van der Waals surface area contributed by atoms with Crippen LogP contribution >= 0.6 is 0 Å². The predicted octanol–water partition coefficient (Wildman–Crippen LogP) is 4.03. The smallest absolute Gasteiger partial charge is 0.277 e. The normalized spacial score (nSPS) is 11.2. The highest BCUT2D eigenvalue weighted by molar-refractivity contribution is 5.76. The van der Waals surface area contributed by atoms with Crippen LogP contribution in [0.15, 0.2) is 77.9 Å². The molecule has 0 aliphatic heterocycles. The first-order valence-electron chi connectivity index (χ1n) is 9.63. The molecule has 0 saturated heterocycles. The van der Waals surface area contributed by atoms with Crippen LogP contribution in [0.2, 0.25) is 0 Å². The molecular weight excluding hydrogens is 381 g/mol. The number of para-hydroxylation sites is 2. The van der Waals surface area contributed by atoms with Gasteiger partial charge >= 0.3 is 0 Å². The van der Waals surface area contributed by atoms with Gasteiger partial charge in [-0.1, -0.05) is 24.3 Å². The number of pyridine rings is 1. The maximum Gasteiger partial charge on any atom is 0.277 e. The van der Waals surface area contributed by atoms with Gasteiger partial charge in [0.25, 0.3) is 5.56 Å². The zero-order valence-electron chi connectivity index (χ0n) is 16.0. The molecule has 0 radical (unpaired) electrons. The number of fused-ring (bicyclic) bond motifs is 1. The second-order valence-electron chi connectivity index (χ2n) is 7.05. The average molecular weight is 399 g/mol. The van der Waals surface area contributed by atoms with Crippen molar-refractivity contribution in [2.45, 2.75) is 12.8 Å². The van der Waals surface area contributed by atoms with E-state index in [1.807, 2.05) is 36.4 Å². The van der Waals surface area contributed by atoms with Gasteiger partial charge in [-0.25, -0.2) is 9.37 Å². The van der Waals surface area contributed by atoms with Gasteiger partial charge in [0.2, 0.25) is 5.95 Å². The summed E-state index contributed by atoms with van der Waals surface area (Å²) in [6.45, 7) is 0. The Morgan fingerprint density at radius 3 is 2.57 bits per heavy atom. The third kappa shape index (κ3) is 3.30. The van der Waals surface area contributed by atoms with E-state index in [9.17, 15) is 9.18 Å². The zero-order chi connectivity index (χ0) is 20.5. The van der Waals surface area contributed by atoms with Crippen molar-refractivity contribution in [2.75, 3.05) is 0 Å². The van der Waals surface area contributed by atoms with Gasteiger partial charge in [-0.05, 0) is 54.8 Å². The van der Waals surface area contributed by atoms with Gasteiger partial charge in [-0.15, -0.1) is 0 Å². The Balaban J connectivity index is 1.58. The molecule has 2 N–H and O–H groups in total. The van der Waals surface area contributed by atoms with Crippen LogP contribution < -0.4 is 5.56 Å². The van der Waals surface area contributed by atoms with E-state index >= 15 is 0 Å². The molecule has 3 heterocycles.